The third-order valence-corrected chi connectivity index (χ3v) is 6.11. The summed E-state index contributed by atoms with van der Waals surface area (Å²) in [5, 5.41) is 7.26. The normalized spacial score (nSPS) is 18.2. The highest BCUT2D eigenvalue weighted by molar-refractivity contribution is 5.95. The number of ether oxygens (including phenoxy) is 1. The maximum absolute atomic E-state index is 13.4. The minimum absolute atomic E-state index is 0.158. The van der Waals surface area contributed by atoms with E-state index in [4.69, 9.17) is 4.74 Å². The number of benzene rings is 2. The average molecular weight is 387 g/mol. The number of hydrogen-bond donors (Lipinski definition) is 1. The maximum atomic E-state index is 13.4. The first-order valence-corrected chi connectivity index (χ1v) is 10.3. The van der Waals surface area contributed by atoms with Crippen molar-refractivity contribution < 1.29 is 9.53 Å². The molecular weight excluding hydrogens is 362 g/mol. The van der Waals surface area contributed by atoms with Crippen molar-refractivity contribution in [2.45, 2.75) is 44.2 Å². The molecule has 1 atom stereocenters. The fraction of sp³-hybridized carbons (Fsp3) is 0.333. The van der Waals surface area contributed by atoms with E-state index >= 15 is 0 Å². The van der Waals surface area contributed by atoms with Crippen LogP contribution in [-0.2, 0) is 12.8 Å². The summed E-state index contributed by atoms with van der Waals surface area (Å²) in [5.74, 6) is 1.000. The van der Waals surface area contributed by atoms with Crippen LogP contribution < -0.4 is 4.74 Å². The van der Waals surface area contributed by atoms with Gasteiger partial charge in [0.25, 0.3) is 5.91 Å². The molecule has 2 aliphatic rings. The van der Waals surface area contributed by atoms with Crippen LogP contribution in [0.1, 0.15) is 40.9 Å². The van der Waals surface area contributed by atoms with E-state index in [-0.39, 0.29) is 11.9 Å². The van der Waals surface area contributed by atoms with Gasteiger partial charge >= 0.3 is 0 Å². The van der Waals surface area contributed by atoms with Crippen LogP contribution in [0.15, 0.2) is 54.7 Å². The van der Waals surface area contributed by atoms with Crippen molar-refractivity contribution in [3.8, 4) is 16.9 Å². The molecule has 1 unspecified atom stereocenters. The number of aromatic amines is 1. The molecule has 2 aliphatic carbocycles. The third kappa shape index (κ3) is 3.53. The molecule has 148 valence electrons. The van der Waals surface area contributed by atoms with Crippen LogP contribution in [0.5, 0.6) is 5.75 Å². The van der Waals surface area contributed by atoms with Crippen molar-refractivity contribution in [2.75, 3.05) is 7.11 Å². The zero-order valence-electron chi connectivity index (χ0n) is 16.6. The Morgan fingerprint density at radius 1 is 1.00 bits per heavy atom. The number of carbonyl (C=O) groups is 1. The fourth-order valence-corrected chi connectivity index (χ4v) is 4.35. The maximum Gasteiger partial charge on any atom is 0.254 e. The summed E-state index contributed by atoms with van der Waals surface area (Å²) >= 11 is 0. The molecule has 0 aliphatic heterocycles. The summed E-state index contributed by atoms with van der Waals surface area (Å²) in [6.07, 6.45) is 7.02. The molecule has 1 saturated carbocycles. The van der Waals surface area contributed by atoms with Crippen molar-refractivity contribution in [2.24, 2.45) is 0 Å². The van der Waals surface area contributed by atoms with E-state index in [1.807, 2.05) is 54.7 Å². The minimum atomic E-state index is 0.158. The van der Waals surface area contributed by atoms with Gasteiger partial charge in [0.05, 0.1) is 13.3 Å². The highest BCUT2D eigenvalue weighted by atomic mass is 16.5. The molecule has 1 aromatic heterocycles. The summed E-state index contributed by atoms with van der Waals surface area (Å²) in [7, 11) is 1.67. The molecule has 1 N–H and O–H groups in total. The average Bonchev–Trinajstić information content (AvgIpc) is 3.49. The van der Waals surface area contributed by atoms with Crippen LogP contribution in [0.4, 0.5) is 0 Å². The Labute approximate surface area is 170 Å². The van der Waals surface area contributed by atoms with Gasteiger partial charge in [-0.3, -0.25) is 9.89 Å². The molecule has 1 amide bonds. The number of aromatic nitrogens is 2. The molecule has 5 rings (SSSR count). The second-order valence-corrected chi connectivity index (χ2v) is 8.02. The second kappa shape index (κ2) is 7.39. The van der Waals surface area contributed by atoms with Gasteiger partial charge in [-0.2, -0.15) is 5.10 Å². The van der Waals surface area contributed by atoms with Crippen molar-refractivity contribution in [1.82, 2.24) is 15.1 Å². The van der Waals surface area contributed by atoms with Crippen molar-refractivity contribution in [3.05, 3.63) is 71.5 Å². The van der Waals surface area contributed by atoms with Crippen LogP contribution in [0, 0.1) is 0 Å². The summed E-state index contributed by atoms with van der Waals surface area (Å²) in [6, 6.07) is 16.6. The van der Waals surface area contributed by atoms with Crippen LogP contribution in [-0.4, -0.2) is 40.2 Å². The zero-order valence-corrected chi connectivity index (χ0v) is 16.6. The molecule has 0 spiro atoms. The number of rotatable bonds is 5. The highest BCUT2D eigenvalue weighted by Crippen LogP contribution is 2.35. The number of fused-ring (bicyclic) bond motifs is 1. The standard InChI is InChI=1S/C24H25N3O2/c1-29-22-11-6-17(7-12-22)16-2-4-18(5-3-16)24(28)27(20-8-9-20)21-10-13-23-19(14-21)15-25-26-23/h2-7,11-12,15,20-21H,8-10,13-14H2,1H3,(H,25,26). The Hall–Kier alpha value is -3.08. The van der Waals surface area contributed by atoms with E-state index in [0.717, 1.165) is 54.5 Å². The lowest BCUT2D eigenvalue weighted by molar-refractivity contribution is 0.0643. The van der Waals surface area contributed by atoms with Gasteiger partial charge in [0.2, 0.25) is 0 Å². The van der Waals surface area contributed by atoms with Crippen molar-refractivity contribution in [3.63, 3.8) is 0 Å². The molecule has 5 nitrogen and oxygen atoms in total. The van der Waals surface area contributed by atoms with Crippen LogP contribution in [0.25, 0.3) is 11.1 Å². The predicted molar refractivity (Wildman–Crippen MR) is 112 cm³/mol. The van der Waals surface area contributed by atoms with Gasteiger partial charge in [-0.25, -0.2) is 0 Å². The quantitative estimate of drug-likeness (QED) is 0.712. The highest BCUT2D eigenvalue weighted by Gasteiger charge is 2.39. The number of H-pyrrole nitrogens is 1. The lowest BCUT2D eigenvalue weighted by Gasteiger charge is -2.34. The second-order valence-electron chi connectivity index (χ2n) is 8.02. The first kappa shape index (κ1) is 18.0. The number of aryl methyl sites for hydroxylation is 1. The molecule has 29 heavy (non-hydrogen) atoms. The van der Waals surface area contributed by atoms with Gasteiger partial charge in [-0.15, -0.1) is 0 Å². The Morgan fingerprint density at radius 3 is 2.34 bits per heavy atom. The van der Waals surface area contributed by atoms with E-state index in [0.29, 0.717) is 6.04 Å². The summed E-state index contributed by atoms with van der Waals surface area (Å²) < 4.78 is 5.23. The molecule has 0 bridgehead atoms. The Kier molecular flexibility index (Phi) is 4.58. The summed E-state index contributed by atoms with van der Waals surface area (Å²) in [4.78, 5) is 15.5. The topological polar surface area (TPSA) is 58.2 Å². The number of carbonyl (C=O) groups excluding carboxylic acids is 1. The van der Waals surface area contributed by atoms with Gasteiger partial charge < -0.3 is 9.64 Å². The van der Waals surface area contributed by atoms with Crippen molar-refractivity contribution in [1.29, 1.82) is 0 Å². The number of methoxy groups -OCH3 is 1. The molecule has 1 heterocycles. The SMILES string of the molecule is COc1ccc(-c2ccc(C(=O)N(C3CC3)C3CCc4[nH]ncc4C3)cc2)cc1. The molecule has 0 radical (unpaired) electrons. The fourth-order valence-electron chi connectivity index (χ4n) is 4.35. The van der Waals surface area contributed by atoms with Gasteiger partial charge in [-0.1, -0.05) is 24.3 Å². The number of nitrogens with zero attached hydrogens (tertiary/aromatic N) is 2. The van der Waals surface area contributed by atoms with Gasteiger partial charge in [-0.05, 0) is 73.1 Å². The number of hydrogen-bond acceptors (Lipinski definition) is 3. The van der Waals surface area contributed by atoms with E-state index in [9.17, 15) is 4.79 Å². The molecule has 2 aromatic carbocycles. The van der Waals surface area contributed by atoms with Crippen LogP contribution in [0.3, 0.4) is 0 Å². The molecular formula is C24H25N3O2. The van der Waals surface area contributed by atoms with E-state index in [1.165, 1.54) is 11.3 Å². The van der Waals surface area contributed by atoms with E-state index in [1.54, 1.807) is 7.11 Å². The lowest BCUT2D eigenvalue weighted by Crippen LogP contribution is -2.44. The van der Waals surface area contributed by atoms with Gasteiger partial charge in [0, 0.05) is 23.3 Å². The van der Waals surface area contributed by atoms with Gasteiger partial charge in [0.1, 0.15) is 5.75 Å². The predicted octanol–water partition coefficient (Wildman–Crippen LogP) is 4.25. The number of nitrogens with one attached hydrogen (secondary N) is 1. The molecule has 5 heteroatoms. The monoisotopic (exact) mass is 387 g/mol. The summed E-state index contributed by atoms with van der Waals surface area (Å²) in [6.45, 7) is 0. The third-order valence-electron chi connectivity index (χ3n) is 6.11. The summed E-state index contributed by atoms with van der Waals surface area (Å²) in [5.41, 5.74) is 5.47. The number of amides is 1. The van der Waals surface area contributed by atoms with Gasteiger partial charge in [0.15, 0.2) is 0 Å². The minimum Gasteiger partial charge on any atom is -0.497 e. The van der Waals surface area contributed by atoms with E-state index in [2.05, 4.69) is 15.1 Å². The molecule has 0 saturated heterocycles. The Bertz CT molecular complexity index is 1000. The van der Waals surface area contributed by atoms with Crippen LogP contribution >= 0.6 is 0 Å². The Balaban J connectivity index is 1.35. The van der Waals surface area contributed by atoms with Crippen LogP contribution in [0.2, 0.25) is 0 Å². The Morgan fingerprint density at radius 2 is 1.69 bits per heavy atom. The lowest BCUT2D eigenvalue weighted by atomic mass is 9.91. The first-order valence-electron chi connectivity index (χ1n) is 10.3. The zero-order chi connectivity index (χ0) is 19.8. The molecule has 1 fully saturated rings. The molecule has 3 aromatic rings. The first-order chi connectivity index (χ1) is 14.2. The van der Waals surface area contributed by atoms with Crippen molar-refractivity contribution >= 4 is 5.91 Å². The van der Waals surface area contributed by atoms with E-state index < -0.39 is 0 Å². The largest absolute Gasteiger partial charge is 0.497 e. The smallest absolute Gasteiger partial charge is 0.254 e.